The Balaban J connectivity index is 1.65. The molecule has 1 aromatic carbocycles. The summed E-state index contributed by atoms with van der Waals surface area (Å²) in [5.41, 5.74) is 3.60. The molecule has 0 atom stereocenters. The number of thiophene rings is 1. The van der Waals surface area contributed by atoms with Crippen LogP contribution in [-0.2, 0) is 6.42 Å². The first-order valence-electron chi connectivity index (χ1n) is 8.95. The van der Waals surface area contributed by atoms with Crippen molar-refractivity contribution in [3.05, 3.63) is 75.0 Å². The topological polar surface area (TPSA) is 54.7 Å². The molecule has 0 saturated carbocycles. The van der Waals surface area contributed by atoms with Gasteiger partial charge in [0.25, 0.3) is 11.5 Å². The van der Waals surface area contributed by atoms with Crippen LogP contribution in [-0.4, -0.2) is 21.8 Å². The van der Waals surface area contributed by atoms with Crippen LogP contribution in [0.3, 0.4) is 0 Å². The average Bonchev–Trinajstić information content (AvgIpc) is 3.13. The number of rotatable bonds is 1. The second kappa shape index (κ2) is 6.03. The van der Waals surface area contributed by atoms with Crippen LogP contribution in [0.5, 0.6) is 0 Å². The molecule has 0 bridgehead atoms. The lowest BCUT2D eigenvalue weighted by atomic mass is 10.0. The van der Waals surface area contributed by atoms with E-state index in [0.717, 1.165) is 24.1 Å². The molecule has 0 N–H and O–H groups in total. The van der Waals surface area contributed by atoms with E-state index in [0.29, 0.717) is 27.3 Å². The van der Waals surface area contributed by atoms with E-state index in [9.17, 15) is 9.59 Å². The summed E-state index contributed by atoms with van der Waals surface area (Å²) in [5, 5.41) is 0.497. The first kappa shape index (κ1) is 16.2. The molecular weight excluding hydrogens is 358 g/mol. The van der Waals surface area contributed by atoms with Crippen molar-refractivity contribution in [2.24, 2.45) is 0 Å². The van der Waals surface area contributed by atoms with Gasteiger partial charge in [0.15, 0.2) is 0 Å². The normalized spacial score (nSPS) is 13.9. The molecule has 0 aliphatic carbocycles. The maximum absolute atomic E-state index is 13.2. The van der Waals surface area contributed by atoms with E-state index in [4.69, 9.17) is 0 Å². The fourth-order valence-corrected chi connectivity index (χ4v) is 4.71. The SMILES string of the molecule is Cc1cccn2c(=O)c3cc(C(=O)N4CCCc5ccccc54)sc3nc12. The summed E-state index contributed by atoms with van der Waals surface area (Å²) < 4.78 is 1.55. The van der Waals surface area contributed by atoms with E-state index >= 15 is 0 Å². The number of amides is 1. The minimum Gasteiger partial charge on any atom is -0.307 e. The molecule has 0 radical (unpaired) electrons. The summed E-state index contributed by atoms with van der Waals surface area (Å²) in [6, 6.07) is 13.5. The Kier molecular flexibility index (Phi) is 3.62. The zero-order chi connectivity index (χ0) is 18.5. The number of nitrogens with zero attached hydrogens (tertiary/aromatic N) is 3. The van der Waals surface area contributed by atoms with Crippen molar-refractivity contribution in [3.8, 4) is 0 Å². The lowest BCUT2D eigenvalue weighted by Crippen LogP contribution is -2.34. The molecule has 5 nitrogen and oxygen atoms in total. The Bertz CT molecular complexity index is 1270. The van der Waals surface area contributed by atoms with Crippen LogP contribution in [0.2, 0.25) is 0 Å². The third-order valence-electron chi connectivity index (χ3n) is 5.10. The molecule has 134 valence electrons. The summed E-state index contributed by atoms with van der Waals surface area (Å²) in [5.74, 6) is -0.0599. The van der Waals surface area contributed by atoms with Crippen molar-refractivity contribution in [2.75, 3.05) is 11.4 Å². The zero-order valence-electron chi connectivity index (χ0n) is 14.8. The third-order valence-corrected chi connectivity index (χ3v) is 6.11. The smallest absolute Gasteiger partial charge is 0.268 e. The van der Waals surface area contributed by atoms with Gasteiger partial charge in [-0.05, 0) is 49.1 Å². The average molecular weight is 375 g/mol. The second-order valence-electron chi connectivity index (χ2n) is 6.82. The molecule has 5 rings (SSSR count). The largest absolute Gasteiger partial charge is 0.307 e. The number of fused-ring (bicyclic) bond motifs is 3. The van der Waals surface area contributed by atoms with E-state index in [-0.39, 0.29) is 11.5 Å². The molecule has 0 saturated heterocycles. The van der Waals surface area contributed by atoms with Crippen molar-refractivity contribution in [1.29, 1.82) is 0 Å². The van der Waals surface area contributed by atoms with Gasteiger partial charge in [-0.1, -0.05) is 24.3 Å². The molecule has 4 heterocycles. The van der Waals surface area contributed by atoms with Crippen molar-refractivity contribution < 1.29 is 4.79 Å². The minimum absolute atomic E-state index is 0.0599. The Morgan fingerprint density at radius 1 is 1.19 bits per heavy atom. The van der Waals surface area contributed by atoms with Crippen molar-refractivity contribution >= 4 is 38.8 Å². The number of aromatic nitrogens is 2. The number of anilines is 1. The maximum atomic E-state index is 13.2. The fraction of sp³-hybridized carbons (Fsp3) is 0.190. The number of carbonyl (C=O) groups is 1. The summed E-state index contributed by atoms with van der Waals surface area (Å²) in [6.07, 6.45) is 3.65. The van der Waals surface area contributed by atoms with Crippen LogP contribution in [0.25, 0.3) is 15.9 Å². The Labute approximate surface area is 159 Å². The molecule has 1 aliphatic rings. The standard InChI is InChI=1S/C21H17N3O2S/c1-13-6-4-11-24-18(13)22-19-15(20(24)25)12-17(27-19)21(26)23-10-5-8-14-7-2-3-9-16(14)23/h2-4,6-7,9,11-12H,5,8,10H2,1H3. The van der Waals surface area contributed by atoms with Gasteiger partial charge in [-0.3, -0.25) is 14.0 Å². The fourth-order valence-electron chi connectivity index (χ4n) is 3.74. The van der Waals surface area contributed by atoms with E-state index in [1.807, 2.05) is 42.2 Å². The summed E-state index contributed by atoms with van der Waals surface area (Å²) in [4.78, 5) is 33.7. The molecular formula is C21H17N3O2S. The Morgan fingerprint density at radius 2 is 2.04 bits per heavy atom. The van der Waals surface area contributed by atoms with Gasteiger partial charge in [0, 0.05) is 18.4 Å². The second-order valence-corrected chi connectivity index (χ2v) is 7.85. The highest BCUT2D eigenvalue weighted by Crippen LogP contribution is 2.31. The molecule has 27 heavy (non-hydrogen) atoms. The lowest BCUT2D eigenvalue weighted by Gasteiger charge is -2.29. The van der Waals surface area contributed by atoms with Crippen LogP contribution in [0.15, 0.2) is 53.5 Å². The molecule has 0 fully saturated rings. The van der Waals surface area contributed by atoms with Gasteiger partial charge >= 0.3 is 0 Å². The number of pyridine rings is 1. The van der Waals surface area contributed by atoms with Crippen LogP contribution in [0.1, 0.15) is 27.2 Å². The first-order chi connectivity index (χ1) is 13.1. The Morgan fingerprint density at radius 3 is 2.93 bits per heavy atom. The summed E-state index contributed by atoms with van der Waals surface area (Å²) >= 11 is 1.30. The van der Waals surface area contributed by atoms with Gasteiger partial charge in [-0.2, -0.15) is 0 Å². The zero-order valence-corrected chi connectivity index (χ0v) is 15.6. The van der Waals surface area contributed by atoms with Gasteiger partial charge in [0.1, 0.15) is 10.5 Å². The number of para-hydroxylation sites is 1. The van der Waals surface area contributed by atoms with Crippen molar-refractivity contribution in [2.45, 2.75) is 19.8 Å². The van der Waals surface area contributed by atoms with Crippen molar-refractivity contribution in [3.63, 3.8) is 0 Å². The van der Waals surface area contributed by atoms with Crippen LogP contribution in [0.4, 0.5) is 5.69 Å². The van der Waals surface area contributed by atoms with Gasteiger partial charge in [-0.25, -0.2) is 4.98 Å². The van der Waals surface area contributed by atoms with E-state index in [2.05, 4.69) is 11.1 Å². The Hall–Kier alpha value is -2.99. The van der Waals surface area contributed by atoms with E-state index < -0.39 is 0 Å². The first-order valence-corrected chi connectivity index (χ1v) is 9.76. The molecule has 0 spiro atoms. The molecule has 4 aromatic rings. The number of hydrogen-bond acceptors (Lipinski definition) is 4. The molecule has 0 unspecified atom stereocenters. The van der Waals surface area contributed by atoms with Gasteiger partial charge in [-0.15, -0.1) is 11.3 Å². The molecule has 3 aromatic heterocycles. The maximum Gasteiger partial charge on any atom is 0.268 e. The minimum atomic E-state index is -0.131. The third kappa shape index (κ3) is 2.48. The van der Waals surface area contributed by atoms with E-state index in [1.165, 1.54) is 16.9 Å². The number of hydrogen-bond donors (Lipinski definition) is 0. The van der Waals surface area contributed by atoms with E-state index in [1.54, 1.807) is 16.7 Å². The van der Waals surface area contributed by atoms with Gasteiger partial charge < -0.3 is 4.90 Å². The summed E-state index contributed by atoms with van der Waals surface area (Å²) in [7, 11) is 0. The lowest BCUT2D eigenvalue weighted by molar-refractivity contribution is 0.0989. The predicted molar refractivity (Wildman–Crippen MR) is 108 cm³/mol. The number of aryl methyl sites for hydroxylation is 2. The highest BCUT2D eigenvalue weighted by Gasteiger charge is 2.25. The number of benzene rings is 1. The van der Waals surface area contributed by atoms with Crippen LogP contribution >= 0.6 is 11.3 Å². The van der Waals surface area contributed by atoms with Gasteiger partial charge in [0.05, 0.1) is 10.3 Å². The highest BCUT2D eigenvalue weighted by atomic mass is 32.1. The van der Waals surface area contributed by atoms with Crippen LogP contribution in [0, 0.1) is 6.92 Å². The molecule has 1 aliphatic heterocycles. The van der Waals surface area contributed by atoms with Crippen LogP contribution < -0.4 is 10.5 Å². The summed E-state index contributed by atoms with van der Waals surface area (Å²) in [6.45, 7) is 2.62. The molecule has 1 amide bonds. The quantitative estimate of drug-likeness (QED) is 0.508. The highest BCUT2D eigenvalue weighted by molar-refractivity contribution is 7.20. The molecule has 6 heteroatoms. The number of carbonyl (C=O) groups excluding carboxylic acids is 1. The monoisotopic (exact) mass is 375 g/mol. The van der Waals surface area contributed by atoms with Gasteiger partial charge in [0.2, 0.25) is 0 Å². The predicted octanol–water partition coefficient (Wildman–Crippen LogP) is 3.81. The van der Waals surface area contributed by atoms with Crippen molar-refractivity contribution in [1.82, 2.24) is 9.38 Å².